The van der Waals surface area contributed by atoms with Crippen molar-refractivity contribution in [3.05, 3.63) is 23.7 Å². The van der Waals surface area contributed by atoms with Crippen molar-refractivity contribution in [2.75, 3.05) is 6.54 Å². The van der Waals surface area contributed by atoms with Crippen LogP contribution in [-0.2, 0) is 6.42 Å². The lowest BCUT2D eigenvalue weighted by atomic mass is 10.0. The lowest BCUT2D eigenvalue weighted by molar-refractivity contribution is 0.340. The summed E-state index contributed by atoms with van der Waals surface area (Å²) in [7, 11) is 0. The molecule has 80 valence electrons. The summed E-state index contributed by atoms with van der Waals surface area (Å²) in [5.74, 6) is 2.22. The van der Waals surface area contributed by atoms with E-state index in [1.807, 2.05) is 0 Å². The molecule has 3 heteroatoms. The lowest BCUT2D eigenvalue weighted by Crippen LogP contribution is -2.26. The van der Waals surface area contributed by atoms with Gasteiger partial charge >= 0.3 is 0 Å². The summed E-state index contributed by atoms with van der Waals surface area (Å²) in [6.07, 6.45) is 4.83. The number of nitrogens with one attached hydrogen (secondary N) is 1. The third-order valence-corrected chi connectivity index (χ3v) is 2.68. The van der Waals surface area contributed by atoms with Gasteiger partial charge in [-0.2, -0.15) is 0 Å². The minimum atomic E-state index is 0. The zero-order chi connectivity index (χ0) is 9.10. The Hall–Kier alpha value is -0.470. The average Bonchev–Trinajstić information content (AvgIpc) is 2.67. The van der Waals surface area contributed by atoms with Crippen LogP contribution in [0.4, 0.5) is 0 Å². The van der Waals surface area contributed by atoms with Crippen LogP contribution >= 0.6 is 12.4 Å². The van der Waals surface area contributed by atoms with Gasteiger partial charge in [-0.15, -0.1) is 12.4 Å². The highest BCUT2D eigenvalue weighted by molar-refractivity contribution is 5.85. The number of aryl methyl sites for hydroxylation is 1. The van der Waals surface area contributed by atoms with Gasteiger partial charge in [0.2, 0.25) is 0 Å². The summed E-state index contributed by atoms with van der Waals surface area (Å²) in [5, 5.41) is 3.48. The first-order valence-electron chi connectivity index (χ1n) is 5.22. The quantitative estimate of drug-likeness (QED) is 0.821. The molecule has 0 radical (unpaired) electrons. The highest BCUT2D eigenvalue weighted by atomic mass is 35.5. The summed E-state index contributed by atoms with van der Waals surface area (Å²) in [6.45, 7) is 3.25. The van der Waals surface area contributed by atoms with Gasteiger partial charge in [-0.05, 0) is 31.5 Å². The second kappa shape index (κ2) is 5.42. The molecule has 1 aliphatic heterocycles. The van der Waals surface area contributed by atoms with E-state index < -0.39 is 0 Å². The predicted octanol–water partition coefficient (Wildman–Crippen LogP) is 3.08. The maximum Gasteiger partial charge on any atom is 0.121 e. The van der Waals surface area contributed by atoms with Crippen molar-refractivity contribution in [3.8, 4) is 0 Å². The molecule has 1 atom stereocenters. The highest BCUT2D eigenvalue weighted by Crippen LogP contribution is 2.24. The average molecular weight is 216 g/mol. The Labute approximate surface area is 91.5 Å². The molecule has 0 saturated carbocycles. The topological polar surface area (TPSA) is 25.2 Å². The number of hydrogen-bond acceptors (Lipinski definition) is 2. The standard InChI is InChI=1S/C11H17NO.ClH/c1-2-9-6-7-11(13-9)10-5-3-4-8-12-10;/h6-7,10,12H,2-5,8H2,1H3;1H/t10-;/m1./s1. The molecule has 2 nitrogen and oxygen atoms in total. The van der Waals surface area contributed by atoms with Gasteiger partial charge in [-0.25, -0.2) is 0 Å². The van der Waals surface area contributed by atoms with Crippen LogP contribution in [0.1, 0.15) is 43.7 Å². The second-order valence-electron chi connectivity index (χ2n) is 3.66. The molecule has 14 heavy (non-hydrogen) atoms. The molecule has 1 N–H and O–H groups in total. The fourth-order valence-corrected chi connectivity index (χ4v) is 1.87. The van der Waals surface area contributed by atoms with Crippen LogP contribution in [-0.4, -0.2) is 6.54 Å². The number of rotatable bonds is 2. The molecule has 0 spiro atoms. The lowest BCUT2D eigenvalue weighted by Gasteiger charge is -2.21. The minimum Gasteiger partial charge on any atom is -0.464 e. The highest BCUT2D eigenvalue weighted by Gasteiger charge is 2.17. The molecule has 1 aliphatic rings. The molecule has 1 saturated heterocycles. The minimum absolute atomic E-state index is 0. The normalized spacial score (nSPS) is 21.6. The van der Waals surface area contributed by atoms with Crippen LogP contribution in [0.2, 0.25) is 0 Å². The van der Waals surface area contributed by atoms with Gasteiger partial charge in [-0.1, -0.05) is 13.3 Å². The van der Waals surface area contributed by atoms with Gasteiger partial charge < -0.3 is 9.73 Å². The first-order valence-corrected chi connectivity index (χ1v) is 5.22. The smallest absolute Gasteiger partial charge is 0.121 e. The first kappa shape index (κ1) is 11.6. The van der Waals surface area contributed by atoms with Crippen molar-refractivity contribution in [3.63, 3.8) is 0 Å². The van der Waals surface area contributed by atoms with E-state index in [2.05, 4.69) is 24.4 Å². The fraction of sp³-hybridized carbons (Fsp3) is 0.636. The zero-order valence-corrected chi connectivity index (χ0v) is 9.40. The molecule has 0 amide bonds. The number of hydrogen-bond donors (Lipinski definition) is 1. The van der Waals surface area contributed by atoms with Gasteiger partial charge in [0.1, 0.15) is 11.5 Å². The Morgan fingerprint density at radius 1 is 1.43 bits per heavy atom. The van der Waals surface area contributed by atoms with Crippen LogP contribution in [0, 0.1) is 0 Å². The van der Waals surface area contributed by atoms with Crippen LogP contribution in [0.5, 0.6) is 0 Å². The van der Waals surface area contributed by atoms with Gasteiger partial charge in [0.15, 0.2) is 0 Å². The van der Waals surface area contributed by atoms with Crippen molar-refractivity contribution in [2.45, 2.75) is 38.6 Å². The Kier molecular flexibility index (Phi) is 4.49. The molecule has 0 bridgehead atoms. The Morgan fingerprint density at radius 2 is 2.29 bits per heavy atom. The molecule has 2 rings (SSSR count). The molecular formula is C11H18ClNO. The van der Waals surface area contributed by atoms with Crippen molar-refractivity contribution >= 4 is 12.4 Å². The van der Waals surface area contributed by atoms with E-state index >= 15 is 0 Å². The molecule has 0 aliphatic carbocycles. The maximum absolute atomic E-state index is 5.71. The molecule has 0 unspecified atom stereocenters. The number of piperidine rings is 1. The van der Waals surface area contributed by atoms with Gasteiger partial charge in [0, 0.05) is 6.42 Å². The molecule has 1 fully saturated rings. The van der Waals surface area contributed by atoms with Crippen LogP contribution < -0.4 is 5.32 Å². The predicted molar refractivity (Wildman–Crippen MR) is 59.9 cm³/mol. The SMILES string of the molecule is CCc1ccc([C@H]2CCCCN2)o1.Cl. The van der Waals surface area contributed by atoms with E-state index in [4.69, 9.17) is 4.42 Å². The van der Waals surface area contributed by atoms with E-state index in [0.717, 1.165) is 24.5 Å². The van der Waals surface area contributed by atoms with Gasteiger partial charge in [0.05, 0.1) is 6.04 Å². The fourth-order valence-electron chi connectivity index (χ4n) is 1.87. The number of halogens is 1. The van der Waals surface area contributed by atoms with E-state index in [9.17, 15) is 0 Å². The summed E-state index contributed by atoms with van der Waals surface area (Å²) in [6, 6.07) is 4.67. The third-order valence-electron chi connectivity index (χ3n) is 2.68. The first-order chi connectivity index (χ1) is 6.40. The third kappa shape index (κ3) is 2.52. The van der Waals surface area contributed by atoms with Crippen LogP contribution in [0.3, 0.4) is 0 Å². The number of furan rings is 1. The summed E-state index contributed by atoms with van der Waals surface area (Å²) in [5.41, 5.74) is 0. The van der Waals surface area contributed by atoms with E-state index in [1.54, 1.807) is 0 Å². The molecular weight excluding hydrogens is 198 g/mol. The van der Waals surface area contributed by atoms with Gasteiger partial charge in [-0.3, -0.25) is 0 Å². The van der Waals surface area contributed by atoms with Crippen molar-refractivity contribution in [1.82, 2.24) is 5.32 Å². The summed E-state index contributed by atoms with van der Waals surface area (Å²) in [4.78, 5) is 0. The summed E-state index contributed by atoms with van der Waals surface area (Å²) < 4.78 is 5.71. The molecule has 2 heterocycles. The van der Waals surface area contributed by atoms with Crippen LogP contribution in [0.15, 0.2) is 16.5 Å². The second-order valence-corrected chi connectivity index (χ2v) is 3.66. The maximum atomic E-state index is 5.71. The van der Waals surface area contributed by atoms with Crippen LogP contribution in [0.25, 0.3) is 0 Å². The van der Waals surface area contributed by atoms with Crippen molar-refractivity contribution < 1.29 is 4.42 Å². The van der Waals surface area contributed by atoms with E-state index in [1.165, 1.54) is 19.3 Å². The van der Waals surface area contributed by atoms with E-state index in [0.29, 0.717) is 6.04 Å². The summed E-state index contributed by atoms with van der Waals surface area (Å²) >= 11 is 0. The van der Waals surface area contributed by atoms with Crippen molar-refractivity contribution in [2.24, 2.45) is 0 Å². The Bertz CT molecular complexity index is 266. The van der Waals surface area contributed by atoms with E-state index in [-0.39, 0.29) is 12.4 Å². The zero-order valence-electron chi connectivity index (χ0n) is 8.58. The van der Waals surface area contributed by atoms with Gasteiger partial charge in [0.25, 0.3) is 0 Å². The molecule has 1 aromatic rings. The molecule has 1 aromatic heterocycles. The van der Waals surface area contributed by atoms with Crippen molar-refractivity contribution in [1.29, 1.82) is 0 Å². The molecule has 0 aromatic carbocycles. The Morgan fingerprint density at radius 3 is 2.86 bits per heavy atom. The largest absolute Gasteiger partial charge is 0.464 e. The Balaban J connectivity index is 0.000000980. The monoisotopic (exact) mass is 215 g/mol.